The molecule has 0 aromatic carbocycles. The minimum absolute atomic E-state index is 0.0199. The smallest absolute Gasteiger partial charge is 0.330 e. The highest BCUT2D eigenvalue weighted by Gasteiger charge is 2.24. The van der Waals surface area contributed by atoms with Crippen LogP contribution in [0.15, 0.2) is 0 Å². The summed E-state index contributed by atoms with van der Waals surface area (Å²) in [5.41, 5.74) is -0.496. The molecule has 0 unspecified atom stereocenters. The van der Waals surface area contributed by atoms with E-state index in [9.17, 15) is 4.79 Å². The summed E-state index contributed by atoms with van der Waals surface area (Å²) in [5.74, 6) is -0.293. The third kappa shape index (κ3) is 4.31. The number of nitrogens with zero attached hydrogens (tertiary/aromatic N) is 1. The average Bonchev–Trinajstić information content (AvgIpc) is 1.85. The van der Waals surface area contributed by atoms with Crippen LogP contribution in [0.1, 0.15) is 20.8 Å². The molecule has 1 N–H and O–H groups in total. The molecule has 72 valence electrons. The second kappa shape index (κ2) is 4.42. The van der Waals surface area contributed by atoms with E-state index in [4.69, 9.17) is 9.94 Å². The lowest BCUT2D eigenvalue weighted by Crippen LogP contribution is -2.32. The quantitative estimate of drug-likeness (QED) is 0.631. The second-order valence-electron chi connectivity index (χ2n) is 3.70. The largest absolute Gasteiger partial charge is 0.395 e. The van der Waals surface area contributed by atoms with Crippen molar-refractivity contribution in [1.29, 1.82) is 0 Å². The number of hydrogen-bond acceptors (Lipinski definition) is 4. The molecule has 0 saturated heterocycles. The summed E-state index contributed by atoms with van der Waals surface area (Å²) >= 11 is 0. The van der Waals surface area contributed by atoms with Crippen molar-refractivity contribution in [3.8, 4) is 0 Å². The van der Waals surface area contributed by atoms with Gasteiger partial charge in [-0.3, -0.25) is 0 Å². The molecule has 0 aliphatic carbocycles. The average molecular weight is 175 g/mol. The Morgan fingerprint density at radius 2 is 2.00 bits per heavy atom. The second-order valence-corrected chi connectivity index (χ2v) is 3.70. The van der Waals surface area contributed by atoms with Gasteiger partial charge in [0.2, 0.25) is 0 Å². The number of carbonyl (C=O) groups is 1. The van der Waals surface area contributed by atoms with Crippen molar-refractivity contribution in [3.63, 3.8) is 0 Å². The molecule has 0 amide bonds. The maximum Gasteiger partial charge on any atom is 0.330 e. The Bertz CT molecular complexity index is 151. The fourth-order valence-corrected chi connectivity index (χ4v) is 0.465. The minimum atomic E-state index is -0.496. The highest BCUT2D eigenvalue weighted by atomic mass is 16.7. The summed E-state index contributed by atoms with van der Waals surface area (Å²) in [7, 11) is 1.61. The van der Waals surface area contributed by atoms with Crippen LogP contribution in [0.5, 0.6) is 0 Å². The highest BCUT2D eigenvalue weighted by Crippen LogP contribution is 2.15. The van der Waals surface area contributed by atoms with Crippen LogP contribution in [-0.2, 0) is 9.63 Å². The van der Waals surface area contributed by atoms with Crippen LogP contribution in [0.25, 0.3) is 0 Å². The maximum atomic E-state index is 11.2. The summed E-state index contributed by atoms with van der Waals surface area (Å²) in [6.07, 6.45) is 0. The molecular formula is C8H17NO3. The van der Waals surface area contributed by atoms with Crippen LogP contribution in [-0.4, -0.2) is 36.3 Å². The Balaban J connectivity index is 3.85. The van der Waals surface area contributed by atoms with Crippen molar-refractivity contribution in [3.05, 3.63) is 0 Å². The summed E-state index contributed by atoms with van der Waals surface area (Å²) in [6, 6.07) is 0. The lowest BCUT2D eigenvalue weighted by Gasteiger charge is -2.21. The lowest BCUT2D eigenvalue weighted by atomic mass is 9.98. The fraction of sp³-hybridized carbons (Fsp3) is 0.875. The van der Waals surface area contributed by atoms with E-state index in [0.717, 1.165) is 0 Å². The summed E-state index contributed by atoms with van der Waals surface area (Å²) < 4.78 is 0. The monoisotopic (exact) mass is 175 g/mol. The number of likely N-dealkylation sites (N-methyl/N-ethyl adjacent to an activating group) is 1. The topological polar surface area (TPSA) is 49.8 Å². The van der Waals surface area contributed by atoms with Crippen molar-refractivity contribution in [2.24, 2.45) is 5.41 Å². The molecule has 0 fully saturated rings. The van der Waals surface area contributed by atoms with Crippen molar-refractivity contribution in [2.45, 2.75) is 20.8 Å². The molecule has 0 bridgehead atoms. The molecule has 0 aromatic rings. The summed E-state index contributed by atoms with van der Waals surface area (Å²) in [4.78, 5) is 16.1. The summed E-state index contributed by atoms with van der Waals surface area (Å²) in [6.45, 7) is 5.65. The van der Waals surface area contributed by atoms with Crippen molar-refractivity contribution in [1.82, 2.24) is 5.06 Å². The van der Waals surface area contributed by atoms with E-state index in [1.54, 1.807) is 27.8 Å². The molecule has 0 aliphatic rings. The molecule has 0 spiro atoms. The SMILES string of the molecule is CN(CCO)OC(=O)C(C)(C)C. The van der Waals surface area contributed by atoms with E-state index in [2.05, 4.69) is 0 Å². The van der Waals surface area contributed by atoms with E-state index in [-0.39, 0.29) is 12.6 Å². The van der Waals surface area contributed by atoms with Gasteiger partial charge in [-0.25, -0.2) is 4.79 Å². The highest BCUT2D eigenvalue weighted by molar-refractivity contribution is 5.75. The van der Waals surface area contributed by atoms with E-state index in [1.807, 2.05) is 0 Å². The number of aliphatic hydroxyl groups is 1. The lowest BCUT2D eigenvalue weighted by molar-refractivity contribution is -0.195. The van der Waals surface area contributed by atoms with Crippen LogP contribution in [0.4, 0.5) is 0 Å². The molecule has 0 radical (unpaired) electrons. The maximum absolute atomic E-state index is 11.2. The normalized spacial score (nSPS) is 11.8. The molecule has 4 heteroatoms. The fourth-order valence-electron chi connectivity index (χ4n) is 0.465. The van der Waals surface area contributed by atoms with Gasteiger partial charge < -0.3 is 9.94 Å². The number of aliphatic hydroxyl groups excluding tert-OH is 1. The number of hydrogen-bond donors (Lipinski definition) is 1. The Morgan fingerprint density at radius 1 is 1.50 bits per heavy atom. The van der Waals surface area contributed by atoms with Crippen LogP contribution >= 0.6 is 0 Å². The van der Waals surface area contributed by atoms with Gasteiger partial charge in [0.1, 0.15) is 0 Å². The van der Waals surface area contributed by atoms with Crippen LogP contribution < -0.4 is 0 Å². The third-order valence-electron chi connectivity index (χ3n) is 1.27. The molecule has 0 saturated carbocycles. The molecule has 0 aromatic heterocycles. The van der Waals surface area contributed by atoms with Gasteiger partial charge in [-0.1, -0.05) is 0 Å². The van der Waals surface area contributed by atoms with Gasteiger partial charge in [0.15, 0.2) is 0 Å². The number of carbonyl (C=O) groups excluding carboxylic acids is 1. The first kappa shape index (κ1) is 11.4. The van der Waals surface area contributed by atoms with Crippen molar-refractivity contribution >= 4 is 5.97 Å². The first-order valence-electron chi connectivity index (χ1n) is 3.92. The first-order valence-corrected chi connectivity index (χ1v) is 3.92. The van der Waals surface area contributed by atoms with Crippen molar-refractivity contribution < 1.29 is 14.7 Å². The van der Waals surface area contributed by atoms with E-state index < -0.39 is 5.41 Å². The zero-order valence-corrected chi connectivity index (χ0v) is 8.13. The molecule has 4 nitrogen and oxygen atoms in total. The van der Waals surface area contributed by atoms with Gasteiger partial charge in [-0.15, -0.1) is 5.06 Å². The Morgan fingerprint density at radius 3 is 2.33 bits per heavy atom. The summed E-state index contributed by atoms with van der Waals surface area (Å²) in [5, 5.41) is 9.85. The van der Waals surface area contributed by atoms with E-state index in [1.165, 1.54) is 5.06 Å². The van der Waals surface area contributed by atoms with Gasteiger partial charge in [0, 0.05) is 7.05 Å². The Kier molecular flexibility index (Phi) is 4.20. The zero-order valence-electron chi connectivity index (χ0n) is 8.13. The van der Waals surface area contributed by atoms with Crippen LogP contribution in [0.3, 0.4) is 0 Å². The van der Waals surface area contributed by atoms with E-state index >= 15 is 0 Å². The Labute approximate surface area is 73.1 Å². The van der Waals surface area contributed by atoms with Gasteiger partial charge in [-0.2, -0.15) is 0 Å². The van der Waals surface area contributed by atoms with Crippen molar-refractivity contribution in [2.75, 3.05) is 20.2 Å². The molecule has 0 atom stereocenters. The molecular weight excluding hydrogens is 158 g/mol. The number of hydroxylamine groups is 2. The zero-order chi connectivity index (χ0) is 9.78. The van der Waals surface area contributed by atoms with E-state index in [0.29, 0.717) is 6.54 Å². The van der Waals surface area contributed by atoms with Gasteiger partial charge in [0.25, 0.3) is 0 Å². The predicted molar refractivity (Wildman–Crippen MR) is 45.3 cm³/mol. The molecule has 0 heterocycles. The molecule has 0 aliphatic heterocycles. The van der Waals surface area contributed by atoms with Gasteiger partial charge >= 0.3 is 5.97 Å². The molecule has 0 rings (SSSR count). The number of rotatable bonds is 3. The first-order chi connectivity index (χ1) is 5.38. The Hall–Kier alpha value is -0.610. The predicted octanol–water partition coefficient (Wildman–Crippen LogP) is 0.415. The van der Waals surface area contributed by atoms with Crippen LogP contribution in [0, 0.1) is 5.41 Å². The van der Waals surface area contributed by atoms with Gasteiger partial charge in [-0.05, 0) is 20.8 Å². The minimum Gasteiger partial charge on any atom is -0.395 e. The van der Waals surface area contributed by atoms with Gasteiger partial charge in [0.05, 0.1) is 18.6 Å². The third-order valence-corrected chi connectivity index (χ3v) is 1.27. The molecule has 12 heavy (non-hydrogen) atoms. The standard InChI is InChI=1S/C8H17NO3/c1-8(2,3)7(11)12-9(4)5-6-10/h10H,5-6H2,1-4H3. The van der Waals surface area contributed by atoms with Crippen LogP contribution in [0.2, 0.25) is 0 Å².